The Labute approximate surface area is 122 Å². The molecule has 0 amide bonds. The third-order valence-corrected chi connectivity index (χ3v) is 3.70. The van der Waals surface area contributed by atoms with Crippen molar-refractivity contribution in [2.75, 3.05) is 6.61 Å². The van der Waals surface area contributed by atoms with Crippen LogP contribution < -0.4 is 4.74 Å². The number of hydrogen-bond donors (Lipinski definition) is 2. The molecule has 0 heterocycles. The predicted molar refractivity (Wildman–Crippen MR) is 82.3 cm³/mol. The molecule has 3 heteroatoms. The van der Waals surface area contributed by atoms with Crippen LogP contribution in [0.3, 0.4) is 0 Å². The molecule has 0 aliphatic heterocycles. The van der Waals surface area contributed by atoms with E-state index in [2.05, 4.69) is 13.8 Å². The third-order valence-electron chi connectivity index (χ3n) is 3.70. The number of aliphatic hydroxyl groups is 2. The van der Waals surface area contributed by atoms with Gasteiger partial charge in [-0.3, -0.25) is 0 Å². The van der Waals surface area contributed by atoms with Crippen molar-refractivity contribution < 1.29 is 14.9 Å². The van der Waals surface area contributed by atoms with E-state index in [9.17, 15) is 10.2 Å². The minimum atomic E-state index is -0.639. The molecule has 2 unspecified atom stereocenters. The second kappa shape index (κ2) is 8.28. The van der Waals surface area contributed by atoms with E-state index in [-0.39, 0.29) is 0 Å². The molecule has 0 saturated carbocycles. The Kier molecular flexibility index (Phi) is 7.03. The van der Waals surface area contributed by atoms with E-state index in [0.29, 0.717) is 19.4 Å². The lowest BCUT2D eigenvalue weighted by Gasteiger charge is -2.19. The Balaban J connectivity index is 2.68. The van der Waals surface area contributed by atoms with Gasteiger partial charge in [0.1, 0.15) is 5.75 Å². The lowest BCUT2D eigenvalue weighted by Crippen LogP contribution is -2.26. The summed E-state index contributed by atoms with van der Waals surface area (Å²) in [6.45, 7) is 8.79. The monoisotopic (exact) mass is 280 g/mol. The zero-order chi connectivity index (χ0) is 15.1. The van der Waals surface area contributed by atoms with E-state index in [0.717, 1.165) is 18.6 Å². The highest BCUT2D eigenvalue weighted by Gasteiger charge is 2.16. The van der Waals surface area contributed by atoms with Crippen LogP contribution in [0.1, 0.15) is 49.8 Å². The van der Waals surface area contributed by atoms with Gasteiger partial charge in [-0.15, -0.1) is 0 Å². The number of aliphatic hydroxyl groups excluding tert-OH is 2. The summed E-state index contributed by atoms with van der Waals surface area (Å²) in [5.41, 5.74) is 3.62. The first-order valence-electron chi connectivity index (χ1n) is 7.58. The molecule has 2 atom stereocenters. The molecule has 114 valence electrons. The average molecular weight is 280 g/mol. The van der Waals surface area contributed by atoms with Gasteiger partial charge in [-0.1, -0.05) is 13.3 Å². The van der Waals surface area contributed by atoms with E-state index in [1.807, 2.05) is 26.0 Å². The van der Waals surface area contributed by atoms with Crippen LogP contribution in [-0.4, -0.2) is 29.0 Å². The highest BCUT2D eigenvalue weighted by Crippen LogP contribution is 2.24. The number of benzene rings is 1. The first-order chi connectivity index (χ1) is 9.49. The summed E-state index contributed by atoms with van der Waals surface area (Å²) in [7, 11) is 0. The van der Waals surface area contributed by atoms with Crippen LogP contribution in [-0.2, 0) is 6.42 Å². The van der Waals surface area contributed by atoms with Crippen LogP contribution in [0.25, 0.3) is 0 Å². The minimum absolute atomic E-state index is 0.594. The molecule has 3 nitrogen and oxygen atoms in total. The number of ether oxygens (including phenoxy) is 1. The summed E-state index contributed by atoms with van der Waals surface area (Å²) in [6, 6.07) is 4.08. The highest BCUT2D eigenvalue weighted by molar-refractivity contribution is 5.41. The van der Waals surface area contributed by atoms with Gasteiger partial charge < -0.3 is 14.9 Å². The van der Waals surface area contributed by atoms with Gasteiger partial charge in [0.2, 0.25) is 0 Å². The molecule has 1 aromatic carbocycles. The fourth-order valence-corrected chi connectivity index (χ4v) is 2.57. The zero-order valence-corrected chi connectivity index (χ0v) is 13.1. The molecule has 1 aromatic rings. The molecular formula is C17H28O3. The standard InChI is InChI=1S/C17H28O3/c1-5-7-16(18)17(19)9-8-15-12(3)10-14(20-6-2)11-13(15)4/h10-11,16-19H,5-9H2,1-4H3. The van der Waals surface area contributed by atoms with Crippen molar-refractivity contribution in [1.82, 2.24) is 0 Å². The molecule has 0 radical (unpaired) electrons. The summed E-state index contributed by atoms with van der Waals surface area (Å²) in [4.78, 5) is 0. The van der Waals surface area contributed by atoms with Crippen molar-refractivity contribution in [3.8, 4) is 5.75 Å². The van der Waals surface area contributed by atoms with Crippen LogP contribution >= 0.6 is 0 Å². The molecular weight excluding hydrogens is 252 g/mol. The van der Waals surface area contributed by atoms with E-state index in [1.54, 1.807) is 0 Å². The Hall–Kier alpha value is -1.06. The fourth-order valence-electron chi connectivity index (χ4n) is 2.57. The van der Waals surface area contributed by atoms with Gasteiger partial charge in [0.25, 0.3) is 0 Å². The third kappa shape index (κ3) is 4.80. The van der Waals surface area contributed by atoms with Crippen molar-refractivity contribution in [1.29, 1.82) is 0 Å². The molecule has 0 spiro atoms. The summed E-state index contributed by atoms with van der Waals surface area (Å²) >= 11 is 0. The summed E-state index contributed by atoms with van der Waals surface area (Å²) in [5, 5.41) is 19.7. The van der Waals surface area contributed by atoms with Gasteiger partial charge in [0.15, 0.2) is 0 Å². The van der Waals surface area contributed by atoms with Crippen molar-refractivity contribution in [2.45, 2.75) is 65.6 Å². The van der Waals surface area contributed by atoms with Crippen LogP contribution in [0.5, 0.6) is 5.75 Å². The maximum atomic E-state index is 9.96. The largest absolute Gasteiger partial charge is 0.494 e. The van der Waals surface area contributed by atoms with Gasteiger partial charge >= 0.3 is 0 Å². The maximum absolute atomic E-state index is 9.96. The molecule has 2 N–H and O–H groups in total. The minimum Gasteiger partial charge on any atom is -0.494 e. The van der Waals surface area contributed by atoms with Gasteiger partial charge in [-0.2, -0.15) is 0 Å². The van der Waals surface area contributed by atoms with Crippen molar-refractivity contribution >= 4 is 0 Å². The lowest BCUT2D eigenvalue weighted by molar-refractivity contribution is 0.00977. The molecule has 0 aromatic heterocycles. The lowest BCUT2D eigenvalue weighted by atomic mass is 9.95. The maximum Gasteiger partial charge on any atom is 0.119 e. The Morgan fingerprint density at radius 3 is 2.05 bits per heavy atom. The van der Waals surface area contributed by atoms with E-state index in [4.69, 9.17) is 4.74 Å². The topological polar surface area (TPSA) is 49.7 Å². The predicted octanol–water partition coefficient (Wildman–Crippen LogP) is 3.16. The molecule has 0 fully saturated rings. The summed E-state index contributed by atoms with van der Waals surface area (Å²) in [6.07, 6.45) is 1.67. The van der Waals surface area contributed by atoms with Crippen LogP contribution in [0.4, 0.5) is 0 Å². The quantitative estimate of drug-likeness (QED) is 0.769. The normalized spacial score (nSPS) is 14.1. The molecule has 1 rings (SSSR count). The van der Waals surface area contributed by atoms with Crippen molar-refractivity contribution in [3.63, 3.8) is 0 Å². The van der Waals surface area contributed by atoms with E-state index >= 15 is 0 Å². The highest BCUT2D eigenvalue weighted by atomic mass is 16.5. The van der Waals surface area contributed by atoms with Crippen molar-refractivity contribution in [2.24, 2.45) is 0 Å². The first-order valence-corrected chi connectivity index (χ1v) is 7.58. The number of rotatable bonds is 8. The second-order valence-electron chi connectivity index (χ2n) is 5.43. The SMILES string of the molecule is CCCC(O)C(O)CCc1c(C)cc(OCC)cc1C. The van der Waals surface area contributed by atoms with Gasteiger partial charge in [-0.05, 0) is 68.9 Å². The Morgan fingerprint density at radius 2 is 1.55 bits per heavy atom. The molecule has 20 heavy (non-hydrogen) atoms. The molecule has 0 saturated heterocycles. The van der Waals surface area contributed by atoms with Crippen molar-refractivity contribution in [3.05, 3.63) is 28.8 Å². The average Bonchev–Trinajstić information content (AvgIpc) is 2.38. The second-order valence-corrected chi connectivity index (χ2v) is 5.43. The van der Waals surface area contributed by atoms with Gasteiger partial charge in [0, 0.05) is 0 Å². The van der Waals surface area contributed by atoms with E-state index in [1.165, 1.54) is 16.7 Å². The summed E-state index contributed by atoms with van der Waals surface area (Å²) in [5.74, 6) is 0.901. The van der Waals surface area contributed by atoms with Crippen LogP contribution in [0.2, 0.25) is 0 Å². The molecule has 0 aliphatic carbocycles. The number of hydrogen-bond acceptors (Lipinski definition) is 3. The van der Waals surface area contributed by atoms with Gasteiger partial charge in [0.05, 0.1) is 18.8 Å². The first kappa shape index (κ1) is 17.0. The van der Waals surface area contributed by atoms with E-state index < -0.39 is 12.2 Å². The molecule has 0 bridgehead atoms. The zero-order valence-electron chi connectivity index (χ0n) is 13.1. The fraction of sp³-hybridized carbons (Fsp3) is 0.647. The smallest absolute Gasteiger partial charge is 0.119 e. The Morgan fingerprint density at radius 1 is 1.00 bits per heavy atom. The summed E-state index contributed by atoms with van der Waals surface area (Å²) < 4.78 is 5.53. The van der Waals surface area contributed by atoms with Crippen LogP contribution in [0.15, 0.2) is 12.1 Å². The van der Waals surface area contributed by atoms with Gasteiger partial charge in [-0.25, -0.2) is 0 Å². The molecule has 0 aliphatic rings. The number of aryl methyl sites for hydroxylation is 2. The Bertz CT molecular complexity index is 392. The van der Waals surface area contributed by atoms with Crippen LogP contribution in [0, 0.1) is 13.8 Å².